The van der Waals surface area contributed by atoms with Crippen LogP contribution < -0.4 is 0 Å². The van der Waals surface area contributed by atoms with E-state index in [0.29, 0.717) is 0 Å². The Morgan fingerprint density at radius 2 is 2.00 bits per heavy atom. The minimum Gasteiger partial charge on any atom is -0.302 e. The van der Waals surface area contributed by atoms with E-state index in [-0.39, 0.29) is 0 Å². The summed E-state index contributed by atoms with van der Waals surface area (Å²) in [6, 6.07) is 0. The van der Waals surface area contributed by atoms with Crippen LogP contribution in [-0.2, 0) is 0 Å². The molecule has 1 aliphatic rings. The third-order valence-corrected chi connectivity index (χ3v) is 2.52. The second-order valence-corrected chi connectivity index (χ2v) is 3.53. The lowest BCUT2D eigenvalue weighted by atomic mass is 10.4. The van der Waals surface area contributed by atoms with Gasteiger partial charge in [-0.05, 0) is 13.0 Å². The van der Waals surface area contributed by atoms with Gasteiger partial charge in [0, 0.05) is 24.6 Å². The Hall–Kier alpha value is 0.310. The lowest BCUT2D eigenvalue weighted by molar-refractivity contribution is 0.308. The van der Waals surface area contributed by atoms with Crippen LogP contribution in [0, 0.1) is 6.92 Å². The Morgan fingerprint density at radius 3 is 2.56 bits per heavy atom. The van der Waals surface area contributed by atoms with E-state index in [9.17, 15) is 0 Å². The second-order valence-electron chi connectivity index (χ2n) is 2.31. The fourth-order valence-electron chi connectivity index (χ4n) is 1.05. The SMILES string of the molecule is [CH2]CCN1CCSCC1. The highest BCUT2D eigenvalue weighted by molar-refractivity contribution is 7.99. The zero-order valence-corrected chi connectivity index (χ0v) is 6.62. The normalized spacial score (nSPS) is 22.3. The van der Waals surface area contributed by atoms with Gasteiger partial charge in [-0.3, -0.25) is 0 Å². The summed E-state index contributed by atoms with van der Waals surface area (Å²) in [7, 11) is 0. The summed E-state index contributed by atoms with van der Waals surface area (Å²) in [6.07, 6.45) is 1.06. The zero-order valence-electron chi connectivity index (χ0n) is 5.81. The molecular weight excluding hydrogens is 130 g/mol. The molecule has 0 aromatic heterocycles. The standard InChI is InChI=1S/C7H14NS/c1-2-3-8-4-6-9-7-5-8/h1-7H2. The van der Waals surface area contributed by atoms with Crippen LogP contribution in [0.5, 0.6) is 0 Å². The molecule has 53 valence electrons. The van der Waals surface area contributed by atoms with Crippen LogP contribution in [0.1, 0.15) is 6.42 Å². The van der Waals surface area contributed by atoms with Crippen LogP contribution in [0.2, 0.25) is 0 Å². The molecule has 1 rings (SSSR count). The molecule has 0 amide bonds. The van der Waals surface area contributed by atoms with Crippen molar-refractivity contribution in [3.05, 3.63) is 6.92 Å². The zero-order chi connectivity index (χ0) is 6.53. The summed E-state index contributed by atoms with van der Waals surface area (Å²) in [6.45, 7) is 7.58. The van der Waals surface area contributed by atoms with Gasteiger partial charge >= 0.3 is 0 Å². The number of thioether (sulfide) groups is 1. The number of rotatable bonds is 2. The van der Waals surface area contributed by atoms with E-state index in [1.165, 1.54) is 31.1 Å². The van der Waals surface area contributed by atoms with Gasteiger partial charge in [-0.25, -0.2) is 0 Å². The van der Waals surface area contributed by atoms with Crippen molar-refractivity contribution in [3.8, 4) is 0 Å². The number of hydrogen-bond acceptors (Lipinski definition) is 2. The van der Waals surface area contributed by atoms with Gasteiger partial charge in [-0.1, -0.05) is 6.92 Å². The molecule has 0 aromatic carbocycles. The van der Waals surface area contributed by atoms with Gasteiger partial charge in [0.1, 0.15) is 0 Å². The molecule has 0 aliphatic carbocycles. The van der Waals surface area contributed by atoms with Crippen LogP contribution in [0.25, 0.3) is 0 Å². The van der Waals surface area contributed by atoms with E-state index >= 15 is 0 Å². The largest absolute Gasteiger partial charge is 0.302 e. The maximum absolute atomic E-state index is 3.83. The average molecular weight is 144 g/mol. The van der Waals surface area contributed by atoms with Gasteiger partial charge in [0.05, 0.1) is 0 Å². The third-order valence-electron chi connectivity index (χ3n) is 1.58. The van der Waals surface area contributed by atoms with Crippen molar-refractivity contribution in [1.82, 2.24) is 4.90 Å². The fourth-order valence-corrected chi connectivity index (χ4v) is 2.03. The lowest BCUT2D eigenvalue weighted by Crippen LogP contribution is -2.32. The van der Waals surface area contributed by atoms with Crippen molar-refractivity contribution < 1.29 is 0 Å². The molecule has 1 nitrogen and oxygen atoms in total. The summed E-state index contributed by atoms with van der Waals surface area (Å²) < 4.78 is 0. The minimum atomic E-state index is 1.06. The Labute approximate surface area is 61.8 Å². The van der Waals surface area contributed by atoms with Crippen LogP contribution in [0.4, 0.5) is 0 Å². The molecule has 1 fully saturated rings. The quantitative estimate of drug-likeness (QED) is 0.574. The molecule has 0 unspecified atom stereocenters. The van der Waals surface area contributed by atoms with Gasteiger partial charge < -0.3 is 4.90 Å². The molecule has 1 heterocycles. The monoisotopic (exact) mass is 144 g/mol. The lowest BCUT2D eigenvalue weighted by Gasteiger charge is -2.25. The Morgan fingerprint density at radius 1 is 1.33 bits per heavy atom. The predicted molar refractivity (Wildman–Crippen MR) is 43.7 cm³/mol. The third kappa shape index (κ3) is 2.59. The van der Waals surface area contributed by atoms with Crippen LogP contribution in [0.15, 0.2) is 0 Å². The van der Waals surface area contributed by atoms with Crippen molar-refractivity contribution in [2.75, 3.05) is 31.1 Å². The highest BCUT2D eigenvalue weighted by atomic mass is 32.2. The van der Waals surface area contributed by atoms with Crippen LogP contribution in [-0.4, -0.2) is 36.0 Å². The summed E-state index contributed by atoms with van der Waals surface area (Å²) in [5.74, 6) is 2.64. The molecule has 0 bridgehead atoms. The highest BCUT2D eigenvalue weighted by Crippen LogP contribution is 2.08. The van der Waals surface area contributed by atoms with Gasteiger partial charge in [0.2, 0.25) is 0 Å². The van der Waals surface area contributed by atoms with Gasteiger partial charge in [0.25, 0.3) is 0 Å². The molecule has 0 aromatic rings. The van der Waals surface area contributed by atoms with Crippen molar-refractivity contribution in [2.24, 2.45) is 0 Å². The molecule has 9 heavy (non-hydrogen) atoms. The first-order valence-electron chi connectivity index (χ1n) is 3.53. The molecule has 0 spiro atoms. The van der Waals surface area contributed by atoms with Crippen molar-refractivity contribution in [3.63, 3.8) is 0 Å². The highest BCUT2D eigenvalue weighted by Gasteiger charge is 2.07. The summed E-state index contributed by atoms with van der Waals surface area (Å²) >= 11 is 2.06. The van der Waals surface area contributed by atoms with E-state index in [1.54, 1.807) is 0 Å². The second kappa shape index (κ2) is 4.18. The average Bonchev–Trinajstić information content (AvgIpc) is 1.91. The van der Waals surface area contributed by atoms with Crippen molar-refractivity contribution in [1.29, 1.82) is 0 Å². The van der Waals surface area contributed by atoms with Crippen molar-refractivity contribution in [2.45, 2.75) is 6.42 Å². The predicted octanol–water partition coefficient (Wildman–Crippen LogP) is 1.26. The fraction of sp³-hybridized carbons (Fsp3) is 0.857. The summed E-state index contributed by atoms with van der Waals surface area (Å²) in [4.78, 5) is 2.49. The van der Waals surface area contributed by atoms with Gasteiger partial charge in [0.15, 0.2) is 0 Å². The molecule has 1 aliphatic heterocycles. The van der Waals surface area contributed by atoms with E-state index in [2.05, 4.69) is 23.6 Å². The summed E-state index contributed by atoms with van der Waals surface area (Å²) in [5, 5.41) is 0. The topological polar surface area (TPSA) is 3.24 Å². The molecule has 0 N–H and O–H groups in total. The van der Waals surface area contributed by atoms with Crippen LogP contribution >= 0.6 is 11.8 Å². The first-order valence-corrected chi connectivity index (χ1v) is 4.68. The number of nitrogens with zero attached hydrogens (tertiary/aromatic N) is 1. The molecule has 0 saturated carbocycles. The first-order chi connectivity index (χ1) is 4.43. The molecule has 2 heteroatoms. The van der Waals surface area contributed by atoms with Crippen LogP contribution in [0.3, 0.4) is 0 Å². The summed E-state index contributed by atoms with van der Waals surface area (Å²) in [5.41, 5.74) is 0. The maximum atomic E-state index is 3.83. The molecule has 0 atom stereocenters. The van der Waals surface area contributed by atoms with Crippen molar-refractivity contribution >= 4 is 11.8 Å². The molecular formula is C7H14NS. The minimum absolute atomic E-state index is 1.06. The van der Waals surface area contributed by atoms with E-state index in [4.69, 9.17) is 0 Å². The first kappa shape index (κ1) is 7.42. The van der Waals surface area contributed by atoms with E-state index in [1.807, 2.05) is 0 Å². The maximum Gasteiger partial charge on any atom is 0.00727 e. The van der Waals surface area contributed by atoms with Gasteiger partial charge in [-0.2, -0.15) is 11.8 Å². The van der Waals surface area contributed by atoms with Gasteiger partial charge in [-0.15, -0.1) is 0 Å². The Balaban J connectivity index is 2.08. The van der Waals surface area contributed by atoms with E-state index in [0.717, 1.165) is 6.42 Å². The molecule has 1 radical (unpaired) electrons. The Kier molecular flexibility index (Phi) is 3.44. The number of hydrogen-bond donors (Lipinski definition) is 0. The molecule has 1 saturated heterocycles. The van der Waals surface area contributed by atoms with E-state index < -0.39 is 0 Å². The smallest absolute Gasteiger partial charge is 0.00727 e. The Bertz CT molecular complexity index is 66.6.